The van der Waals surface area contributed by atoms with Crippen LogP contribution in [0.25, 0.3) is 0 Å². The van der Waals surface area contributed by atoms with Crippen LogP contribution in [0.4, 0.5) is 5.69 Å². The van der Waals surface area contributed by atoms with Gasteiger partial charge in [0.15, 0.2) is 0 Å². The SMILES string of the molecule is O=C(Nc1cccc(Cl)c1)c1cccc2c1OCCC2. The number of ether oxygens (including phenoxy) is 1. The van der Waals surface area contributed by atoms with Crippen LogP contribution in [0.15, 0.2) is 42.5 Å². The second kappa shape index (κ2) is 5.55. The van der Waals surface area contributed by atoms with E-state index in [9.17, 15) is 4.79 Å². The molecule has 102 valence electrons. The average Bonchev–Trinajstić information content (AvgIpc) is 2.46. The van der Waals surface area contributed by atoms with Crippen molar-refractivity contribution in [2.75, 3.05) is 11.9 Å². The molecule has 0 aliphatic carbocycles. The summed E-state index contributed by atoms with van der Waals surface area (Å²) in [6, 6.07) is 12.8. The maximum atomic E-state index is 12.4. The molecule has 0 bridgehead atoms. The van der Waals surface area contributed by atoms with E-state index in [2.05, 4.69) is 5.32 Å². The highest BCUT2D eigenvalue weighted by molar-refractivity contribution is 6.31. The fourth-order valence-electron chi connectivity index (χ4n) is 2.33. The number of aryl methyl sites for hydroxylation is 1. The fraction of sp³-hybridized carbons (Fsp3) is 0.188. The summed E-state index contributed by atoms with van der Waals surface area (Å²) in [5.41, 5.74) is 2.34. The highest BCUT2D eigenvalue weighted by Crippen LogP contribution is 2.29. The van der Waals surface area contributed by atoms with Crippen LogP contribution in [-0.2, 0) is 6.42 Å². The molecule has 0 fully saturated rings. The number of nitrogens with one attached hydrogen (secondary N) is 1. The van der Waals surface area contributed by atoms with Gasteiger partial charge >= 0.3 is 0 Å². The quantitative estimate of drug-likeness (QED) is 0.909. The molecule has 0 saturated heterocycles. The van der Waals surface area contributed by atoms with E-state index in [0.29, 0.717) is 28.6 Å². The molecule has 2 aromatic rings. The lowest BCUT2D eigenvalue weighted by Gasteiger charge is -2.19. The number of amides is 1. The highest BCUT2D eigenvalue weighted by Gasteiger charge is 2.19. The van der Waals surface area contributed by atoms with E-state index in [-0.39, 0.29) is 5.91 Å². The van der Waals surface area contributed by atoms with Crippen molar-refractivity contribution in [1.29, 1.82) is 0 Å². The zero-order valence-corrected chi connectivity index (χ0v) is 11.6. The molecule has 3 nitrogen and oxygen atoms in total. The minimum absolute atomic E-state index is 0.175. The molecule has 20 heavy (non-hydrogen) atoms. The molecule has 1 aliphatic rings. The van der Waals surface area contributed by atoms with Crippen molar-refractivity contribution in [3.8, 4) is 5.75 Å². The van der Waals surface area contributed by atoms with Gasteiger partial charge in [0.05, 0.1) is 12.2 Å². The van der Waals surface area contributed by atoms with Gasteiger partial charge in [0.1, 0.15) is 5.75 Å². The molecule has 0 unspecified atom stereocenters. The third kappa shape index (κ3) is 2.63. The molecule has 1 aliphatic heterocycles. The predicted molar refractivity (Wildman–Crippen MR) is 79.7 cm³/mol. The van der Waals surface area contributed by atoms with Gasteiger partial charge in [-0.25, -0.2) is 0 Å². The number of para-hydroxylation sites is 1. The predicted octanol–water partition coefficient (Wildman–Crippen LogP) is 3.92. The van der Waals surface area contributed by atoms with Crippen LogP contribution in [0.1, 0.15) is 22.3 Å². The normalized spacial score (nSPS) is 13.2. The molecule has 1 N–H and O–H groups in total. The zero-order chi connectivity index (χ0) is 13.9. The summed E-state index contributed by atoms with van der Waals surface area (Å²) in [6.07, 6.45) is 1.94. The molecule has 0 atom stereocenters. The van der Waals surface area contributed by atoms with Gasteiger partial charge in [0.2, 0.25) is 0 Å². The van der Waals surface area contributed by atoms with Crippen LogP contribution in [0, 0.1) is 0 Å². The molecule has 0 radical (unpaired) electrons. The number of carbonyl (C=O) groups excluding carboxylic acids is 1. The number of benzene rings is 2. The van der Waals surface area contributed by atoms with Crippen molar-refractivity contribution in [3.63, 3.8) is 0 Å². The lowest BCUT2D eigenvalue weighted by molar-refractivity contribution is 0.102. The summed E-state index contributed by atoms with van der Waals surface area (Å²) in [4.78, 5) is 12.4. The average molecular weight is 288 g/mol. The molecule has 0 aromatic heterocycles. The second-order valence-electron chi connectivity index (χ2n) is 4.71. The molecule has 2 aromatic carbocycles. The number of fused-ring (bicyclic) bond motifs is 1. The Hall–Kier alpha value is -2.00. The topological polar surface area (TPSA) is 38.3 Å². The van der Waals surface area contributed by atoms with E-state index in [1.807, 2.05) is 12.1 Å². The molecule has 4 heteroatoms. The zero-order valence-electron chi connectivity index (χ0n) is 10.9. The minimum atomic E-state index is -0.175. The first-order valence-electron chi connectivity index (χ1n) is 6.55. The van der Waals surface area contributed by atoms with Crippen molar-refractivity contribution < 1.29 is 9.53 Å². The van der Waals surface area contributed by atoms with E-state index < -0.39 is 0 Å². The Morgan fingerprint density at radius 3 is 2.90 bits per heavy atom. The Morgan fingerprint density at radius 1 is 1.20 bits per heavy atom. The number of halogens is 1. The summed E-state index contributed by atoms with van der Waals surface area (Å²) in [5, 5.41) is 3.44. The van der Waals surface area contributed by atoms with Gasteiger partial charge in [0, 0.05) is 10.7 Å². The molecule has 0 spiro atoms. The summed E-state index contributed by atoms with van der Waals surface area (Å²) in [7, 11) is 0. The first-order chi connectivity index (χ1) is 9.74. The van der Waals surface area contributed by atoms with Crippen molar-refractivity contribution in [1.82, 2.24) is 0 Å². The van der Waals surface area contributed by atoms with Crippen LogP contribution < -0.4 is 10.1 Å². The molecular weight excluding hydrogens is 274 g/mol. The Morgan fingerprint density at radius 2 is 2.05 bits per heavy atom. The van der Waals surface area contributed by atoms with Crippen molar-refractivity contribution >= 4 is 23.2 Å². The fourth-order valence-corrected chi connectivity index (χ4v) is 2.52. The molecule has 0 saturated carbocycles. The molecule has 3 rings (SSSR count). The maximum absolute atomic E-state index is 12.4. The van der Waals surface area contributed by atoms with Gasteiger partial charge in [-0.1, -0.05) is 29.8 Å². The molecule has 1 heterocycles. The summed E-state index contributed by atoms with van der Waals surface area (Å²) in [5.74, 6) is 0.532. The van der Waals surface area contributed by atoms with Crippen molar-refractivity contribution in [3.05, 3.63) is 58.6 Å². The number of hydrogen-bond donors (Lipinski definition) is 1. The Kier molecular flexibility index (Phi) is 3.61. The first kappa shape index (κ1) is 13.0. The Balaban J connectivity index is 1.88. The lowest BCUT2D eigenvalue weighted by atomic mass is 10.0. The molecular formula is C16H14ClNO2. The summed E-state index contributed by atoms with van der Waals surface area (Å²) < 4.78 is 5.65. The van der Waals surface area contributed by atoms with E-state index in [0.717, 1.165) is 18.4 Å². The largest absolute Gasteiger partial charge is 0.492 e. The van der Waals surface area contributed by atoms with Crippen LogP contribution in [0.2, 0.25) is 5.02 Å². The standard InChI is InChI=1S/C16H14ClNO2/c17-12-6-2-7-13(10-12)18-16(19)14-8-1-4-11-5-3-9-20-15(11)14/h1-2,4,6-8,10H,3,5,9H2,(H,18,19). The van der Waals surface area contributed by atoms with Crippen LogP contribution in [0.3, 0.4) is 0 Å². The smallest absolute Gasteiger partial charge is 0.259 e. The number of anilines is 1. The van der Waals surface area contributed by atoms with Gasteiger partial charge in [-0.2, -0.15) is 0 Å². The number of rotatable bonds is 2. The van der Waals surface area contributed by atoms with Gasteiger partial charge in [-0.3, -0.25) is 4.79 Å². The van der Waals surface area contributed by atoms with Crippen molar-refractivity contribution in [2.45, 2.75) is 12.8 Å². The van der Waals surface area contributed by atoms with E-state index >= 15 is 0 Å². The van der Waals surface area contributed by atoms with Gasteiger partial charge in [0.25, 0.3) is 5.91 Å². The highest BCUT2D eigenvalue weighted by atomic mass is 35.5. The molecule has 1 amide bonds. The summed E-state index contributed by atoms with van der Waals surface area (Å²) >= 11 is 5.91. The van der Waals surface area contributed by atoms with E-state index in [4.69, 9.17) is 16.3 Å². The Labute approximate surface area is 122 Å². The summed E-state index contributed by atoms with van der Waals surface area (Å²) in [6.45, 7) is 0.661. The van der Waals surface area contributed by atoms with E-state index in [1.165, 1.54) is 0 Å². The Bertz CT molecular complexity index is 655. The third-order valence-electron chi connectivity index (χ3n) is 3.26. The van der Waals surface area contributed by atoms with E-state index in [1.54, 1.807) is 30.3 Å². The first-order valence-corrected chi connectivity index (χ1v) is 6.93. The number of hydrogen-bond acceptors (Lipinski definition) is 2. The van der Waals surface area contributed by atoms with Crippen LogP contribution in [-0.4, -0.2) is 12.5 Å². The lowest BCUT2D eigenvalue weighted by Crippen LogP contribution is -2.17. The monoisotopic (exact) mass is 287 g/mol. The van der Waals surface area contributed by atoms with Crippen LogP contribution in [0.5, 0.6) is 5.75 Å². The maximum Gasteiger partial charge on any atom is 0.259 e. The van der Waals surface area contributed by atoms with Gasteiger partial charge in [-0.15, -0.1) is 0 Å². The van der Waals surface area contributed by atoms with Gasteiger partial charge < -0.3 is 10.1 Å². The van der Waals surface area contributed by atoms with Crippen LogP contribution >= 0.6 is 11.6 Å². The van der Waals surface area contributed by atoms with Gasteiger partial charge in [-0.05, 0) is 42.7 Å². The second-order valence-corrected chi connectivity index (χ2v) is 5.15. The van der Waals surface area contributed by atoms with Crippen molar-refractivity contribution in [2.24, 2.45) is 0 Å². The third-order valence-corrected chi connectivity index (χ3v) is 3.50. The number of carbonyl (C=O) groups is 1. The minimum Gasteiger partial charge on any atom is -0.492 e.